The maximum Gasteiger partial charge on any atom is 0.409 e. The molecule has 2 aromatic carbocycles. The third kappa shape index (κ3) is 2.94. The van der Waals surface area contributed by atoms with Gasteiger partial charge >= 0.3 is 6.18 Å². The summed E-state index contributed by atoms with van der Waals surface area (Å²) in [6, 6.07) is 9.49. The highest BCUT2D eigenvalue weighted by Crippen LogP contribution is 2.44. The van der Waals surface area contributed by atoms with E-state index in [1.54, 1.807) is 44.2 Å². The van der Waals surface area contributed by atoms with E-state index < -0.39 is 23.7 Å². The molecule has 1 aliphatic rings. The van der Waals surface area contributed by atoms with Crippen molar-refractivity contribution in [2.45, 2.75) is 38.0 Å². The molecular formula is C18H16F3N3O. The summed E-state index contributed by atoms with van der Waals surface area (Å²) in [5, 5.41) is 11.6. The minimum Gasteiger partial charge on any atom is -0.287 e. The largest absolute Gasteiger partial charge is 0.409 e. The summed E-state index contributed by atoms with van der Waals surface area (Å²) < 4.78 is 41.8. The Hall–Kier alpha value is -2.59. The second kappa shape index (κ2) is 5.74. The number of hydrazine groups is 1. The van der Waals surface area contributed by atoms with Gasteiger partial charge in [0, 0.05) is 12.0 Å². The number of hydrogen-bond donors (Lipinski definition) is 1. The number of carbonyl (C=O) groups excluding carboxylic acids is 1. The van der Waals surface area contributed by atoms with Crippen LogP contribution < -0.4 is 5.43 Å². The SMILES string of the molecule is CC1(C)CC(=O)NN1C(c1ccc2ccccc2c1C#N)C(F)(F)F. The van der Waals surface area contributed by atoms with Crippen molar-refractivity contribution in [1.82, 2.24) is 10.4 Å². The highest BCUT2D eigenvalue weighted by molar-refractivity contribution is 5.89. The van der Waals surface area contributed by atoms with E-state index in [1.807, 2.05) is 6.07 Å². The molecule has 1 heterocycles. The Morgan fingerprint density at radius 2 is 1.92 bits per heavy atom. The molecule has 0 radical (unpaired) electrons. The molecule has 1 N–H and O–H groups in total. The number of hydrogen-bond acceptors (Lipinski definition) is 3. The van der Waals surface area contributed by atoms with Gasteiger partial charge in [0.2, 0.25) is 5.91 Å². The van der Waals surface area contributed by atoms with Crippen molar-refractivity contribution in [3.63, 3.8) is 0 Å². The highest BCUT2D eigenvalue weighted by Gasteiger charge is 2.53. The van der Waals surface area contributed by atoms with E-state index >= 15 is 0 Å². The lowest BCUT2D eigenvalue weighted by molar-refractivity contribution is -0.203. The number of carbonyl (C=O) groups is 1. The molecule has 1 amide bonds. The molecule has 7 heteroatoms. The standard InChI is InChI=1S/C18H16F3N3O/c1-17(2)9-15(25)23-24(17)16(18(19,20)21)13-8-7-11-5-3-4-6-12(11)14(13)10-22/h3-8,16H,9H2,1-2H3,(H,23,25). The Balaban J connectivity index is 2.24. The first-order chi connectivity index (χ1) is 11.6. The predicted molar refractivity (Wildman–Crippen MR) is 86.1 cm³/mol. The zero-order valence-corrected chi connectivity index (χ0v) is 13.7. The number of halogens is 3. The number of benzene rings is 2. The molecular weight excluding hydrogens is 331 g/mol. The van der Waals surface area contributed by atoms with Crippen molar-refractivity contribution >= 4 is 16.7 Å². The molecule has 1 fully saturated rings. The topological polar surface area (TPSA) is 56.1 Å². The maximum atomic E-state index is 13.9. The van der Waals surface area contributed by atoms with Crippen LogP contribution >= 0.6 is 0 Å². The Bertz CT molecular complexity index is 883. The van der Waals surface area contributed by atoms with E-state index in [1.165, 1.54) is 6.07 Å². The second-order valence-corrected chi connectivity index (χ2v) is 6.70. The van der Waals surface area contributed by atoms with Gasteiger partial charge in [-0.3, -0.25) is 10.2 Å². The number of amides is 1. The molecule has 2 aromatic rings. The van der Waals surface area contributed by atoms with Gasteiger partial charge in [-0.15, -0.1) is 0 Å². The molecule has 1 unspecified atom stereocenters. The van der Waals surface area contributed by atoms with Crippen molar-refractivity contribution in [2.75, 3.05) is 0 Å². The zero-order valence-electron chi connectivity index (χ0n) is 13.7. The lowest BCUT2D eigenvalue weighted by Gasteiger charge is -2.38. The van der Waals surface area contributed by atoms with Crippen molar-refractivity contribution < 1.29 is 18.0 Å². The monoisotopic (exact) mass is 347 g/mol. The van der Waals surface area contributed by atoms with Crippen LogP contribution in [0.3, 0.4) is 0 Å². The van der Waals surface area contributed by atoms with Gasteiger partial charge in [-0.2, -0.15) is 23.4 Å². The lowest BCUT2D eigenvalue weighted by Crippen LogP contribution is -2.51. The number of rotatable bonds is 2. The van der Waals surface area contributed by atoms with E-state index in [9.17, 15) is 23.2 Å². The van der Waals surface area contributed by atoms with E-state index in [2.05, 4.69) is 5.43 Å². The smallest absolute Gasteiger partial charge is 0.287 e. The van der Waals surface area contributed by atoms with Crippen molar-refractivity contribution in [1.29, 1.82) is 5.26 Å². The normalized spacial score (nSPS) is 18.8. The molecule has 4 nitrogen and oxygen atoms in total. The Morgan fingerprint density at radius 1 is 1.24 bits per heavy atom. The van der Waals surface area contributed by atoms with Crippen molar-refractivity contribution in [3.05, 3.63) is 47.5 Å². The van der Waals surface area contributed by atoms with Gasteiger partial charge in [-0.05, 0) is 30.2 Å². The van der Waals surface area contributed by atoms with E-state index in [4.69, 9.17) is 0 Å². The average molecular weight is 347 g/mol. The van der Waals surface area contributed by atoms with Crippen LogP contribution in [-0.4, -0.2) is 22.6 Å². The molecule has 0 aliphatic carbocycles. The lowest BCUT2D eigenvalue weighted by atomic mass is 9.92. The van der Waals surface area contributed by atoms with E-state index in [0.717, 1.165) is 5.01 Å². The molecule has 25 heavy (non-hydrogen) atoms. The molecule has 3 rings (SSSR count). The first-order valence-corrected chi connectivity index (χ1v) is 7.72. The highest BCUT2D eigenvalue weighted by atomic mass is 19.4. The second-order valence-electron chi connectivity index (χ2n) is 6.70. The number of alkyl halides is 3. The fourth-order valence-corrected chi connectivity index (χ4v) is 3.32. The van der Waals surface area contributed by atoms with Gasteiger partial charge in [-0.25, -0.2) is 0 Å². The molecule has 0 saturated carbocycles. The summed E-state index contributed by atoms with van der Waals surface area (Å²) >= 11 is 0. The van der Waals surface area contributed by atoms with Crippen LogP contribution in [0.1, 0.15) is 37.4 Å². The van der Waals surface area contributed by atoms with Crippen LogP contribution in [0.5, 0.6) is 0 Å². The van der Waals surface area contributed by atoms with Crippen molar-refractivity contribution in [2.24, 2.45) is 0 Å². The summed E-state index contributed by atoms with van der Waals surface area (Å²) in [5.41, 5.74) is 1.09. The Labute approximate surface area is 142 Å². The van der Waals surface area contributed by atoms with Crippen LogP contribution in [0.2, 0.25) is 0 Å². The van der Waals surface area contributed by atoms with Crippen LogP contribution in [0.4, 0.5) is 13.2 Å². The van der Waals surface area contributed by atoms with Crippen LogP contribution in [0, 0.1) is 11.3 Å². The summed E-state index contributed by atoms with van der Waals surface area (Å²) in [5.74, 6) is -0.474. The minimum atomic E-state index is -4.66. The molecule has 0 bridgehead atoms. The number of nitrogens with one attached hydrogen (secondary N) is 1. The summed E-state index contributed by atoms with van der Waals surface area (Å²) in [4.78, 5) is 11.7. The molecule has 0 spiro atoms. The van der Waals surface area contributed by atoms with Crippen LogP contribution in [-0.2, 0) is 4.79 Å². The molecule has 1 saturated heterocycles. The third-order valence-corrected chi connectivity index (χ3v) is 4.43. The van der Waals surface area contributed by atoms with Gasteiger partial charge in [0.1, 0.15) is 6.07 Å². The number of nitrogens with zero attached hydrogens (tertiary/aromatic N) is 2. The quantitative estimate of drug-likeness (QED) is 0.898. The summed E-state index contributed by atoms with van der Waals surface area (Å²) in [7, 11) is 0. The molecule has 1 aliphatic heterocycles. The van der Waals surface area contributed by atoms with Crippen LogP contribution in [0.15, 0.2) is 36.4 Å². The third-order valence-electron chi connectivity index (χ3n) is 4.43. The number of nitriles is 1. The van der Waals surface area contributed by atoms with Crippen molar-refractivity contribution in [3.8, 4) is 6.07 Å². The Morgan fingerprint density at radius 3 is 2.48 bits per heavy atom. The fourth-order valence-electron chi connectivity index (χ4n) is 3.32. The predicted octanol–water partition coefficient (Wildman–Crippen LogP) is 3.83. The molecule has 1 atom stereocenters. The Kier molecular flexibility index (Phi) is 3.96. The van der Waals surface area contributed by atoms with Gasteiger partial charge in [-0.1, -0.05) is 36.4 Å². The zero-order chi connectivity index (χ0) is 18.4. The van der Waals surface area contributed by atoms with Gasteiger partial charge in [0.25, 0.3) is 0 Å². The minimum absolute atomic E-state index is 0.0302. The van der Waals surface area contributed by atoms with Gasteiger partial charge < -0.3 is 0 Å². The fraction of sp³-hybridized carbons (Fsp3) is 0.333. The summed E-state index contributed by atoms with van der Waals surface area (Å²) in [6.45, 7) is 3.13. The van der Waals surface area contributed by atoms with E-state index in [0.29, 0.717) is 10.8 Å². The average Bonchev–Trinajstić information content (AvgIpc) is 2.78. The summed E-state index contributed by atoms with van der Waals surface area (Å²) in [6.07, 6.45) is -4.71. The van der Waals surface area contributed by atoms with Crippen LogP contribution in [0.25, 0.3) is 10.8 Å². The number of fused-ring (bicyclic) bond motifs is 1. The maximum absolute atomic E-state index is 13.9. The molecule has 130 valence electrons. The van der Waals surface area contributed by atoms with Gasteiger partial charge in [0.15, 0.2) is 6.04 Å². The molecule has 0 aromatic heterocycles. The van der Waals surface area contributed by atoms with E-state index in [-0.39, 0.29) is 17.5 Å². The first-order valence-electron chi connectivity index (χ1n) is 7.72. The van der Waals surface area contributed by atoms with Gasteiger partial charge in [0.05, 0.1) is 5.56 Å². The first kappa shape index (κ1) is 17.2.